The second kappa shape index (κ2) is 7.61. The average Bonchev–Trinajstić information content (AvgIpc) is 2.63. The fraction of sp³-hybridized carbons (Fsp3) is 0.261. The van der Waals surface area contributed by atoms with Crippen LogP contribution in [0.3, 0.4) is 0 Å². The van der Waals surface area contributed by atoms with Crippen molar-refractivity contribution in [1.29, 1.82) is 0 Å². The summed E-state index contributed by atoms with van der Waals surface area (Å²) in [5.74, 6) is 0.581. The van der Waals surface area contributed by atoms with Gasteiger partial charge in [-0.25, -0.2) is 0 Å². The minimum atomic E-state index is -0.566. The summed E-state index contributed by atoms with van der Waals surface area (Å²) in [7, 11) is 0. The van der Waals surface area contributed by atoms with E-state index < -0.39 is 6.10 Å². The molecule has 3 rings (SSSR count). The summed E-state index contributed by atoms with van der Waals surface area (Å²) in [4.78, 5) is 12.6. The van der Waals surface area contributed by atoms with Crippen LogP contribution in [0, 0.1) is 13.8 Å². The maximum Gasteiger partial charge on any atom is 0.261 e. The number of carbonyl (C=O) groups is 1. The molecule has 0 aliphatic heterocycles. The Hall–Kier alpha value is -2.81. The zero-order chi connectivity index (χ0) is 18.7. The quantitative estimate of drug-likeness (QED) is 0.697. The Balaban J connectivity index is 1.67. The van der Waals surface area contributed by atoms with Crippen LogP contribution in [-0.2, 0) is 4.79 Å². The molecule has 0 heterocycles. The van der Waals surface area contributed by atoms with Crippen LogP contribution in [0.4, 0.5) is 0 Å². The number of ether oxygens (including phenoxy) is 1. The molecule has 26 heavy (non-hydrogen) atoms. The number of carbonyl (C=O) groups excluding carboxylic acids is 1. The summed E-state index contributed by atoms with van der Waals surface area (Å²) in [6.45, 7) is 7.90. The summed E-state index contributed by atoms with van der Waals surface area (Å²) >= 11 is 0. The van der Waals surface area contributed by atoms with Gasteiger partial charge in [-0.3, -0.25) is 4.79 Å². The number of nitrogens with one attached hydrogen (secondary N) is 1. The molecular formula is C23H25NO2. The van der Waals surface area contributed by atoms with Crippen LogP contribution in [0.2, 0.25) is 0 Å². The van der Waals surface area contributed by atoms with E-state index in [1.54, 1.807) is 6.92 Å². The Bertz CT molecular complexity index is 932. The van der Waals surface area contributed by atoms with Crippen LogP contribution in [-0.4, -0.2) is 12.0 Å². The van der Waals surface area contributed by atoms with E-state index in [-0.39, 0.29) is 11.9 Å². The number of fused-ring (bicyclic) bond motifs is 1. The molecule has 1 N–H and O–H groups in total. The molecule has 0 radical (unpaired) electrons. The van der Waals surface area contributed by atoms with Gasteiger partial charge in [0.15, 0.2) is 6.10 Å². The maximum absolute atomic E-state index is 12.6. The van der Waals surface area contributed by atoms with Crippen molar-refractivity contribution in [2.75, 3.05) is 0 Å². The summed E-state index contributed by atoms with van der Waals surface area (Å²) in [5, 5.41) is 5.31. The minimum absolute atomic E-state index is 0.0648. The summed E-state index contributed by atoms with van der Waals surface area (Å²) in [6, 6.07) is 20.2. The molecule has 0 bridgehead atoms. The van der Waals surface area contributed by atoms with Gasteiger partial charge in [0, 0.05) is 0 Å². The number of amides is 1. The lowest BCUT2D eigenvalue weighted by Gasteiger charge is -2.21. The van der Waals surface area contributed by atoms with E-state index in [9.17, 15) is 4.79 Å². The fourth-order valence-corrected chi connectivity index (χ4v) is 3.13. The number of aryl methyl sites for hydroxylation is 2. The predicted molar refractivity (Wildman–Crippen MR) is 107 cm³/mol. The highest BCUT2D eigenvalue weighted by atomic mass is 16.5. The van der Waals surface area contributed by atoms with E-state index in [1.807, 2.05) is 43.3 Å². The first-order valence-electron chi connectivity index (χ1n) is 8.97. The minimum Gasteiger partial charge on any atom is -0.481 e. The van der Waals surface area contributed by atoms with E-state index in [0.717, 1.165) is 16.3 Å². The van der Waals surface area contributed by atoms with Gasteiger partial charge in [-0.15, -0.1) is 0 Å². The third-order valence-electron chi connectivity index (χ3n) is 4.66. The van der Waals surface area contributed by atoms with Gasteiger partial charge in [0.2, 0.25) is 0 Å². The summed E-state index contributed by atoms with van der Waals surface area (Å²) in [6.07, 6.45) is -0.566. The molecule has 0 aliphatic carbocycles. The monoisotopic (exact) mass is 347 g/mol. The highest BCUT2D eigenvalue weighted by Crippen LogP contribution is 2.22. The molecule has 0 saturated carbocycles. The Labute approximate surface area is 155 Å². The van der Waals surface area contributed by atoms with Gasteiger partial charge >= 0.3 is 0 Å². The van der Waals surface area contributed by atoms with E-state index in [2.05, 4.69) is 43.4 Å². The van der Waals surface area contributed by atoms with Crippen molar-refractivity contribution >= 4 is 16.7 Å². The number of rotatable bonds is 5. The standard InChI is InChI=1S/C23H25NO2/c1-15-9-10-16(2)22(13-15)17(3)24-23(25)18(4)26-21-12-11-19-7-5-6-8-20(19)14-21/h5-14,17-18H,1-4H3,(H,24,25). The van der Waals surface area contributed by atoms with Crippen LogP contribution >= 0.6 is 0 Å². The molecule has 0 saturated heterocycles. The molecule has 2 atom stereocenters. The smallest absolute Gasteiger partial charge is 0.261 e. The third-order valence-corrected chi connectivity index (χ3v) is 4.66. The lowest BCUT2D eigenvalue weighted by Crippen LogP contribution is -2.38. The highest BCUT2D eigenvalue weighted by Gasteiger charge is 2.18. The Morgan fingerprint density at radius 2 is 1.65 bits per heavy atom. The molecule has 0 fully saturated rings. The van der Waals surface area contributed by atoms with E-state index in [0.29, 0.717) is 5.75 Å². The molecule has 3 aromatic rings. The van der Waals surface area contributed by atoms with Crippen molar-refractivity contribution in [2.45, 2.75) is 39.8 Å². The van der Waals surface area contributed by atoms with Gasteiger partial charge in [-0.1, -0.05) is 54.1 Å². The van der Waals surface area contributed by atoms with Crippen molar-refractivity contribution in [3.8, 4) is 5.75 Å². The Morgan fingerprint density at radius 3 is 2.42 bits per heavy atom. The van der Waals surface area contributed by atoms with Gasteiger partial charge in [0.1, 0.15) is 5.75 Å². The first-order valence-corrected chi connectivity index (χ1v) is 8.97. The molecule has 0 spiro atoms. The van der Waals surface area contributed by atoms with Crippen molar-refractivity contribution in [1.82, 2.24) is 5.32 Å². The number of benzene rings is 3. The normalized spacial score (nSPS) is 13.2. The number of hydrogen-bond donors (Lipinski definition) is 1. The molecule has 0 aromatic heterocycles. The second-order valence-corrected chi connectivity index (χ2v) is 6.86. The van der Waals surface area contributed by atoms with Gasteiger partial charge in [0.25, 0.3) is 5.91 Å². The predicted octanol–water partition coefficient (Wildman–Crippen LogP) is 5.10. The zero-order valence-corrected chi connectivity index (χ0v) is 15.7. The zero-order valence-electron chi connectivity index (χ0n) is 15.7. The topological polar surface area (TPSA) is 38.3 Å². The Morgan fingerprint density at radius 1 is 0.923 bits per heavy atom. The molecule has 3 heteroatoms. The molecule has 0 aliphatic rings. The fourth-order valence-electron chi connectivity index (χ4n) is 3.13. The molecule has 134 valence electrons. The molecule has 3 nitrogen and oxygen atoms in total. The molecule has 1 amide bonds. The molecular weight excluding hydrogens is 322 g/mol. The second-order valence-electron chi connectivity index (χ2n) is 6.86. The number of hydrogen-bond acceptors (Lipinski definition) is 2. The van der Waals surface area contributed by atoms with Crippen LogP contribution in [0.1, 0.15) is 36.6 Å². The molecule has 3 aromatic carbocycles. The first kappa shape index (κ1) is 18.0. The van der Waals surface area contributed by atoms with Crippen molar-refractivity contribution < 1.29 is 9.53 Å². The van der Waals surface area contributed by atoms with Crippen LogP contribution in [0.25, 0.3) is 10.8 Å². The maximum atomic E-state index is 12.6. The van der Waals surface area contributed by atoms with Crippen molar-refractivity contribution in [2.24, 2.45) is 0 Å². The van der Waals surface area contributed by atoms with Crippen molar-refractivity contribution in [3.05, 3.63) is 77.4 Å². The van der Waals surface area contributed by atoms with Gasteiger partial charge in [0.05, 0.1) is 6.04 Å². The van der Waals surface area contributed by atoms with E-state index >= 15 is 0 Å². The average molecular weight is 347 g/mol. The van der Waals surface area contributed by atoms with Gasteiger partial charge in [-0.05, 0) is 61.7 Å². The summed E-state index contributed by atoms with van der Waals surface area (Å²) < 4.78 is 5.86. The van der Waals surface area contributed by atoms with E-state index in [1.165, 1.54) is 11.1 Å². The lowest BCUT2D eigenvalue weighted by molar-refractivity contribution is -0.127. The lowest BCUT2D eigenvalue weighted by atomic mass is 10.00. The van der Waals surface area contributed by atoms with Crippen LogP contribution in [0.5, 0.6) is 5.75 Å². The van der Waals surface area contributed by atoms with Crippen molar-refractivity contribution in [3.63, 3.8) is 0 Å². The first-order chi connectivity index (χ1) is 12.4. The Kier molecular flexibility index (Phi) is 5.27. The van der Waals surface area contributed by atoms with Gasteiger partial charge < -0.3 is 10.1 Å². The molecule has 2 unspecified atom stereocenters. The summed E-state index contributed by atoms with van der Waals surface area (Å²) in [5.41, 5.74) is 3.50. The largest absolute Gasteiger partial charge is 0.481 e. The third kappa shape index (κ3) is 4.05. The van der Waals surface area contributed by atoms with E-state index in [4.69, 9.17) is 4.74 Å². The van der Waals surface area contributed by atoms with Crippen LogP contribution < -0.4 is 10.1 Å². The van der Waals surface area contributed by atoms with Gasteiger partial charge in [-0.2, -0.15) is 0 Å². The van der Waals surface area contributed by atoms with Crippen LogP contribution in [0.15, 0.2) is 60.7 Å². The highest BCUT2D eigenvalue weighted by molar-refractivity contribution is 5.84. The SMILES string of the molecule is Cc1ccc(C)c(C(C)NC(=O)C(C)Oc2ccc3ccccc3c2)c1.